The molecule has 0 aliphatic heterocycles. The largest absolute Gasteiger partial charge is 0.481 e. The Morgan fingerprint density at radius 1 is 0.882 bits per heavy atom. The van der Waals surface area contributed by atoms with Gasteiger partial charge in [-0.05, 0) is 18.9 Å². The number of carboxylic acid groups (broad SMARTS) is 2. The van der Waals surface area contributed by atoms with E-state index < -0.39 is 66.2 Å². The Morgan fingerprint density at radius 3 is 1.97 bits per heavy atom. The van der Waals surface area contributed by atoms with E-state index in [-0.39, 0.29) is 19.3 Å². The Morgan fingerprint density at radius 2 is 1.44 bits per heavy atom. The van der Waals surface area contributed by atoms with Crippen molar-refractivity contribution in [1.29, 1.82) is 0 Å². The number of amides is 4. The van der Waals surface area contributed by atoms with E-state index in [2.05, 4.69) is 16.0 Å². The molecule has 13 heteroatoms. The summed E-state index contributed by atoms with van der Waals surface area (Å²) in [5.74, 6) is -6.07. The smallest absolute Gasteiger partial charge is 0.325 e. The van der Waals surface area contributed by atoms with Crippen LogP contribution in [-0.2, 0) is 35.2 Å². The molecule has 34 heavy (non-hydrogen) atoms. The van der Waals surface area contributed by atoms with E-state index in [1.54, 1.807) is 30.3 Å². The summed E-state index contributed by atoms with van der Waals surface area (Å²) in [7, 11) is 0. The summed E-state index contributed by atoms with van der Waals surface area (Å²) in [5, 5.41) is 25.0. The normalized spacial score (nSPS) is 14.1. The Balaban J connectivity index is 3.02. The molecule has 4 amide bonds. The minimum absolute atomic E-state index is 0.0311. The summed E-state index contributed by atoms with van der Waals surface area (Å²) in [4.78, 5) is 71.0. The fourth-order valence-corrected chi connectivity index (χ4v) is 2.80. The van der Waals surface area contributed by atoms with Crippen molar-refractivity contribution < 1.29 is 39.0 Å². The molecule has 186 valence electrons. The Bertz CT molecular complexity index is 908. The number of carbonyl (C=O) groups excluding carboxylic acids is 4. The highest BCUT2D eigenvalue weighted by atomic mass is 16.4. The van der Waals surface area contributed by atoms with Gasteiger partial charge < -0.3 is 37.6 Å². The maximum Gasteiger partial charge on any atom is 0.325 e. The van der Waals surface area contributed by atoms with Crippen LogP contribution in [0.3, 0.4) is 0 Å². The number of carboxylic acids is 2. The molecule has 0 aromatic heterocycles. The molecule has 13 nitrogen and oxygen atoms in total. The molecule has 0 fully saturated rings. The van der Waals surface area contributed by atoms with E-state index in [1.165, 1.54) is 6.92 Å². The molecule has 0 aliphatic carbocycles. The van der Waals surface area contributed by atoms with Crippen LogP contribution in [0.2, 0.25) is 0 Å². The van der Waals surface area contributed by atoms with E-state index >= 15 is 0 Å². The number of rotatable bonds is 14. The van der Waals surface area contributed by atoms with Crippen LogP contribution in [0.5, 0.6) is 0 Å². The van der Waals surface area contributed by atoms with Crippen molar-refractivity contribution in [2.75, 3.05) is 0 Å². The second-order valence-electron chi connectivity index (χ2n) is 7.59. The van der Waals surface area contributed by atoms with Crippen molar-refractivity contribution in [2.24, 2.45) is 11.5 Å². The fraction of sp³-hybridized carbons (Fsp3) is 0.429. The number of benzene rings is 1. The molecule has 4 atom stereocenters. The number of carbonyl (C=O) groups is 6. The molecule has 0 radical (unpaired) electrons. The lowest BCUT2D eigenvalue weighted by molar-refractivity contribution is -0.143. The zero-order chi connectivity index (χ0) is 25.8. The standard InChI is InChI=1S/C21H29N5O8/c1-11(21(33)34)24-19(31)14(9-12-5-3-2-4-6-12)26-20(32)15(10-17(28)29)25-18(30)13(22)7-8-16(23)27/h2-6,11,13-15H,7-10,22H2,1H3,(H2,23,27)(H,24,31)(H,25,30)(H,26,32)(H,28,29)(H,33,34). The van der Waals surface area contributed by atoms with Gasteiger partial charge in [0, 0.05) is 12.8 Å². The highest BCUT2D eigenvalue weighted by molar-refractivity contribution is 5.95. The van der Waals surface area contributed by atoms with Crippen molar-refractivity contribution in [2.45, 2.75) is 56.8 Å². The van der Waals surface area contributed by atoms with Gasteiger partial charge in [0.2, 0.25) is 23.6 Å². The first kappa shape index (κ1) is 28.0. The van der Waals surface area contributed by atoms with Crippen LogP contribution >= 0.6 is 0 Å². The van der Waals surface area contributed by atoms with Crippen molar-refractivity contribution in [3.8, 4) is 0 Å². The predicted molar refractivity (Wildman–Crippen MR) is 118 cm³/mol. The van der Waals surface area contributed by atoms with Crippen LogP contribution in [0, 0.1) is 0 Å². The molecule has 0 saturated carbocycles. The number of nitrogens with one attached hydrogen (secondary N) is 3. The van der Waals surface area contributed by atoms with Gasteiger partial charge in [-0.15, -0.1) is 0 Å². The van der Waals surface area contributed by atoms with Gasteiger partial charge in [0.05, 0.1) is 12.5 Å². The van der Waals surface area contributed by atoms with Gasteiger partial charge >= 0.3 is 11.9 Å². The van der Waals surface area contributed by atoms with E-state index in [4.69, 9.17) is 21.7 Å². The molecule has 9 N–H and O–H groups in total. The first-order valence-electron chi connectivity index (χ1n) is 10.3. The van der Waals surface area contributed by atoms with Gasteiger partial charge in [0.15, 0.2) is 0 Å². The van der Waals surface area contributed by atoms with Gasteiger partial charge in [-0.3, -0.25) is 28.8 Å². The first-order valence-corrected chi connectivity index (χ1v) is 10.3. The number of nitrogens with two attached hydrogens (primary N) is 2. The maximum absolute atomic E-state index is 12.8. The SMILES string of the molecule is CC(NC(=O)C(Cc1ccccc1)NC(=O)C(CC(=O)O)NC(=O)C(N)CCC(N)=O)C(=O)O. The van der Waals surface area contributed by atoms with Crippen LogP contribution in [0.25, 0.3) is 0 Å². The summed E-state index contributed by atoms with van der Waals surface area (Å²) in [6.07, 6.45) is -1.15. The number of primary amides is 1. The van der Waals surface area contributed by atoms with Crippen LogP contribution < -0.4 is 27.4 Å². The molecule has 1 aromatic carbocycles. The van der Waals surface area contributed by atoms with Crippen molar-refractivity contribution in [3.63, 3.8) is 0 Å². The predicted octanol–water partition coefficient (Wildman–Crippen LogP) is -2.14. The molecular formula is C21H29N5O8. The van der Waals surface area contributed by atoms with Crippen LogP contribution in [0.1, 0.15) is 31.7 Å². The summed E-state index contributed by atoms with van der Waals surface area (Å²) < 4.78 is 0. The molecule has 1 rings (SSSR count). The Hall–Kier alpha value is -4.00. The molecule has 1 aromatic rings. The Labute approximate surface area is 195 Å². The fourth-order valence-electron chi connectivity index (χ4n) is 2.80. The molecule has 4 unspecified atom stereocenters. The second-order valence-corrected chi connectivity index (χ2v) is 7.59. The van der Waals surface area contributed by atoms with Gasteiger partial charge in [-0.25, -0.2) is 0 Å². The van der Waals surface area contributed by atoms with E-state index in [9.17, 15) is 28.8 Å². The zero-order valence-corrected chi connectivity index (χ0v) is 18.5. The topological polar surface area (TPSA) is 231 Å². The van der Waals surface area contributed by atoms with Crippen LogP contribution in [0.4, 0.5) is 0 Å². The monoisotopic (exact) mass is 479 g/mol. The second kappa shape index (κ2) is 13.5. The average molecular weight is 479 g/mol. The third-order valence-electron chi connectivity index (χ3n) is 4.70. The quantitative estimate of drug-likeness (QED) is 0.154. The molecule has 0 spiro atoms. The molecular weight excluding hydrogens is 450 g/mol. The lowest BCUT2D eigenvalue weighted by atomic mass is 10.0. The molecule has 0 heterocycles. The minimum Gasteiger partial charge on any atom is -0.481 e. The Kier molecular flexibility index (Phi) is 11.2. The van der Waals surface area contributed by atoms with Gasteiger partial charge in [0.25, 0.3) is 0 Å². The van der Waals surface area contributed by atoms with Crippen LogP contribution in [-0.4, -0.2) is 69.9 Å². The summed E-state index contributed by atoms with van der Waals surface area (Å²) in [6.45, 7) is 1.24. The maximum atomic E-state index is 12.8. The lowest BCUT2D eigenvalue weighted by Gasteiger charge is -2.24. The van der Waals surface area contributed by atoms with Crippen LogP contribution in [0.15, 0.2) is 30.3 Å². The summed E-state index contributed by atoms with van der Waals surface area (Å²) in [5.41, 5.74) is 11.3. The van der Waals surface area contributed by atoms with Gasteiger partial charge in [0.1, 0.15) is 18.1 Å². The number of aliphatic carboxylic acids is 2. The van der Waals surface area contributed by atoms with E-state index in [1.807, 2.05) is 0 Å². The first-order chi connectivity index (χ1) is 15.9. The van der Waals surface area contributed by atoms with Gasteiger partial charge in [-0.1, -0.05) is 30.3 Å². The molecule has 0 bridgehead atoms. The number of hydrogen-bond acceptors (Lipinski definition) is 7. The minimum atomic E-state index is -1.59. The van der Waals surface area contributed by atoms with E-state index in [0.29, 0.717) is 5.56 Å². The molecule has 0 saturated heterocycles. The highest BCUT2D eigenvalue weighted by Crippen LogP contribution is 2.06. The lowest BCUT2D eigenvalue weighted by Crippen LogP contribution is -2.57. The van der Waals surface area contributed by atoms with Gasteiger partial charge in [-0.2, -0.15) is 0 Å². The zero-order valence-electron chi connectivity index (χ0n) is 18.5. The third kappa shape index (κ3) is 10.1. The average Bonchev–Trinajstić information content (AvgIpc) is 2.76. The van der Waals surface area contributed by atoms with Crippen molar-refractivity contribution >= 4 is 35.6 Å². The number of hydrogen-bond donors (Lipinski definition) is 7. The van der Waals surface area contributed by atoms with Crippen molar-refractivity contribution in [1.82, 2.24) is 16.0 Å². The highest BCUT2D eigenvalue weighted by Gasteiger charge is 2.31. The summed E-state index contributed by atoms with van der Waals surface area (Å²) in [6, 6.07) is 3.17. The third-order valence-corrected chi connectivity index (χ3v) is 4.70. The van der Waals surface area contributed by atoms with Crippen molar-refractivity contribution in [3.05, 3.63) is 35.9 Å². The molecule has 0 aliphatic rings. The summed E-state index contributed by atoms with van der Waals surface area (Å²) >= 11 is 0. The van der Waals surface area contributed by atoms with E-state index in [0.717, 1.165) is 0 Å².